The number of carbonyl (C=O) groups is 1. The van der Waals surface area contributed by atoms with E-state index in [1.54, 1.807) is 11.6 Å². The van der Waals surface area contributed by atoms with E-state index in [-0.39, 0.29) is 0 Å². The van der Waals surface area contributed by atoms with Gasteiger partial charge in [0.25, 0.3) is 5.91 Å². The summed E-state index contributed by atoms with van der Waals surface area (Å²) in [6.45, 7) is 7.61. The molecule has 2 heterocycles. The number of hydrogen-bond donors (Lipinski definition) is 2. The number of carbonyl (C=O) groups excluding carboxylic acids is 1. The average molecular weight is 524 g/mol. The summed E-state index contributed by atoms with van der Waals surface area (Å²) in [6.07, 6.45) is 5.57. The maximum atomic E-state index is 13.2. The molecule has 0 aromatic heterocycles. The molecule has 1 fully saturated rings. The molecule has 37 heavy (non-hydrogen) atoms. The monoisotopic (exact) mass is 523 g/mol. The molecule has 2 aliphatic rings. The second-order valence-corrected chi connectivity index (χ2v) is 10.3. The largest absolute Gasteiger partial charge is 0.357 e. The Labute approximate surface area is 222 Å². The lowest BCUT2D eigenvalue weighted by atomic mass is 10.0. The Morgan fingerprint density at radius 3 is 2.16 bits per heavy atom. The van der Waals surface area contributed by atoms with Crippen molar-refractivity contribution in [3.8, 4) is 11.1 Å². The third-order valence-electron chi connectivity index (χ3n) is 5.99. The average Bonchev–Trinajstić information content (AvgIpc) is 3.20. The van der Waals surface area contributed by atoms with Crippen LogP contribution in [0.4, 0.5) is 0 Å². The van der Waals surface area contributed by atoms with E-state index in [0.29, 0.717) is 38.2 Å². The van der Waals surface area contributed by atoms with Gasteiger partial charge in [0, 0.05) is 45.3 Å². The molecule has 4 rings (SSSR count). The summed E-state index contributed by atoms with van der Waals surface area (Å²) in [5.41, 5.74) is 5.45. The number of aliphatic imine (C=N–C) groups is 1. The SMILES string of the molecule is CC.CN(C)Cc1ccc(-c2ccc(S(=O)N3CCN(C4=NC=C(C(=O)NO)C=CC4)CC3)cc2)cc1. The fourth-order valence-electron chi connectivity index (χ4n) is 4.13. The van der Waals surface area contributed by atoms with Crippen molar-refractivity contribution in [1.82, 2.24) is 19.6 Å². The predicted octanol–water partition coefficient (Wildman–Crippen LogP) is 3.83. The second-order valence-electron chi connectivity index (χ2n) is 8.80. The molecule has 8 nitrogen and oxygen atoms in total. The standard InChI is InChI=1S/C26H31N5O3S.C2H6/c1-29(2)19-20-6-8-21(9-7-20)22-10-12-24(13-11-22)35(34)31-16-14-30(15-17-31)25-5-3-4-23(18-27-25)26(32)28-33;1-2/h3-4,6-13,18,33H,5,14-17,19H2,1-2H3,(H,28,32);1-2H3. The van der Waals surface area contributed by atoms with Gasteiger partial charge in [0.15, 0.2) is 0 Å². The highest BCUT2D eigenvalue weighted by molar-refractivity contribution is 7.82. The summed E-state index contributed by atoms with van der Waals surface area (Å²) in [4.78, 5) is 21.1. The number of hydrogen-bond acceptors (Lipinski definition) is 6. The van der Waals surface area contributed by atoms with Crippen LogP contribution in [0.25, 0.3) is 11.1 Å². The first-order valence-electron chi connectivity index (χ1n) is 12.6. The molecule has 2 aliphatic heterocycles. The maximum absolute atomic E-state index is 13.2. The molecule has 2 aromatic carbocycles. The maximum Gasteiger partial charge on any atom is 0.276 e. The Morgan fingerprint density at radius 1 is 1.00 bits per heavy atom. The molecule has 198 valence electrons. The van der Waals surface area contributed by atoms with E-state index in [2.05, 4.69) is 53.2 Å². The van der Waals surface area contributed by atoms with E-state index in [0.717, 1.165) is 28.4 Å². The molecule has 2 aromatic rings. The first-order chi connectivity index (χ1) is 17.9. The number of amides is 1. The van der Waals surface area contributed by atoms with E-state index >= 15 is 0 Å². The highest BCUT2D eigenvalue weighted by Gasteiger charge is 2.24. The zero-order valence-electron chi connectivity index (χ0n) is 22.1. The van der Waals surface area contributed by atoms with Crippen LogP contribution in [0.15, 0.2) is 82.3 Å². The van der Waals surface area contributed by atoms with Gasteiger partial charge in [-0.25, -0.2) is 19.0 Å². The van der Waals surface area contributed by atoms with Gasteiger partial charge < -0.3 is 9.80 Å². The van der Waals surface area contributed by atoms with Crippen LogP contribution in [0.5, 0.6) is 0 Å². The predicted molar refractivity (Wildman–Crippen MR) is 149 cm³/mol. The van der Waals surface area contributed by atoms with Gasteiger partial charge in [0.05, 0.1) is 10.5 Å². The molecule has 2 N–H and O–H groups in total. The minimum absolute atomic E-state index is 0.301. The van der Waals surface area contributed by atoms with Crippen LogP contribution in [0, 0.1) is 0 Å². The van der Waals surface area contributed by atoms with Gasteiger partial charge in [-0.2, -0.15) is 0 Å². The van der Waals surface area contributed by atoms with E-state index in [1.165, 1.54) is 11.8 Å². The lowest BCUT2D eigenvalue weighted by Crippen LogP contribution is -2.48. The molecule has 0 saturated carbocycles. The van der Waals surface area contributed by atoms with E-state index < -0.39 is 16.9 Å². The molecule has 1 unspecified atom stereocenters. The molecule has 1 atom stereocenters. The van der Waals surface area contributed by atoms with Crippen LogP contribution < -0.4 is 5.48 Å². The molecule has 9 heteroatoms. The number of benzene rings is 2. The number of rotatable bonds is 6. The van der Waals surface area contributed by atoms with Crippen LogP contribution in [0.1, 0.15) is 25.8 Å². The first kappa shape index (κ1) is 28.5. The molecule has 0 bridgehead atoms. The Morgan fingerprint density at radius 2 is 1.59 bits per heavy atom. The quantitative estimate of drug-likeness (QED) is 0.444. The number of nitrogens with zero attached hydrogens (tertiary/aromatic N) is 4. The summed E-state index contributed by atoms with van der Waals surface area (Å²) >= 11 is 0. The summed E-state index contributed by atoms with van der Waals surface area (Å²) < 4.78 is 15.2. The number of nitrogens with one attached hydrogen (secondary N) is 1. The van der Waals surface area contributed by atoms with Gasteiger partial charge in [-0.1, -0.05) is 62.4 Å². The molecule has 1 saturated heterocycles. The summed E-state index contributed by atoms with van der Waals surface area (Å²) in [5.74, 6) is 0.271. The van der Waals surface area contributed by atoms with Gasteiger partial charge >= 0.3 is 0 Å². The van der Waals surface area contributed by atoms with Crippen LogP contribution in [-0.4, -0.2) is 75.5 Å². The van der Waals surface area contributed by atoms with Crippen molar-refractivity contribution in [1.29, 1.82) is 0 Å². The van der Waals surface area contributed by atoms with Crippen molar-refractivity contribution in [2.45, 2.75) is 31.7 Å². The van der Waals surface area contributed by atoms with Gasteiger partial charge in [-0.05, 0) is 42.9 Å². The second kappa shape index (κ2) is 14.0. The molecule has 1 amide bonds. The molecular formula is C28H37N5O3S. The first-order valence-corrected chi connectivity index (χ1v) is 13.7. The summed E-state index contributed by atoms with van der Waals surface area (Å²) in [7, 11) is 2.89. The fraction of sp³-hybridized carbons (Fsp3) is 0.357. The van der Waals surface area contributed by atoms with Crippen LogP contribution >= 0.6 is 0 Å². The van der Waals surface area contributed by atoms with Crippen molar-refractivity contribution in [2.75, 3.05) is 40.3 Å². The fourth-order valence-corrected chi connectivity index (χ4v) is 5.30. The smallest absolute Gasteiger partial charge is 0.276 e. The summed E-state index contributed by atoms with van der Waals surface area (Å²) in [6, 6.07) is 16.5. The Bertz CT molecular complexity index is 1150. The van der Waals surface area contributed by atoms with Gasteiger partial charge in [-0.3, -0.25) is 10.0 Å². The highest BCUT2D eigenvalue weighted by Crippen LogP contribution is 2.23. The van der Waals surface area contributed by atoms with Gasteiger partial charge in [0.1, 0.15) is 16.8 Å². The van der Waals surface area contributed by atoms with Crippen molar-refractivity contribution < 1.29 is 14.2 Å². The summed E-state index contributed by atoms with van der Waals surface area (Å²) in [5, 5.41) is 8.81. The Hall–Kier alpha value is -3.11. The zero-order valence-corrected chi connectivity index (χ0v) is 22.9. The number of piperazine rings is 1. The van der Waals surface area contributed by atoms with Gasteiger partial charge in [0.2, 0.25) is 0 Å². The third-order valence-corrected chi connectivity index (χ3v) is 7.50. The Kier molecular flexibility index (Phi) is 10.8. The van der Waals surface area contributed by atoms with Crippen molar-refractivity contribution in [2.24, 2.45) is 4.99 Å². The molecular weight excluding hydrogens is 486 g/mol. The van der Waals surface area contributed by atoms with Gasteiger partial charge in [-0.15, -0.1) is 0 Å². The van der Waals surface area contributed by atoms with E-state index in [4.69, 9.17) is 5.21 Å². The molecule has 0 aliphatic carbocycles. The topological polar surface area (TPSA) is 88.5 Å². The van der Waals surface area contributed by atoms with Crippen molar-refractivity contribution in [3.05, 3.63) is 78.0 Å². The zero-order chi connectivity index (χ0) is 26.8. The number of hydroxylamine groups is 1. The van der Waals surface area contributed by atoms with Crippen LogP contribution in [-0.2, 0) is 22.3 Å². The normalized spacial score (nSPS) is 16.8. The minimum Gasteiger partial charge on any atom is -0.357 e. The highest BCUT2D eigenvalue weighted by atomic mass is 32.2. The number of amidine groups is 1. The lowest BCUT2D eigenvalue weighted by Gasteiger charge is -2.35. The lowest BCUT2D eigenvalue weighted by molar-refractivity contribution is -0.124. The van der Waals surface area contributed by atoms with Crippen LogP contribution in [0.2, 0.25) is 0 Å². The van der Waals surface area contributed by atoms with Crippen molar-refractivity contribution in [3.63, 3.8) is 0 Å². The van der Waals surface area contributed by atoms with E-state index in [9.17, 15) is 9.00 Å². The molecule has 0 spiro atoms. The van der Waals surface area contributed by atoms with Crippen LogP contribution in [0.3, 0.4) is 0 Å². The Balaban J connectivity index is 0.00000186. The van der Waals surface area contributed by atoms with Crippen molar-refractivity contribution >= 4 is 22.7 Å². The minimum atomic E-state index is -1.23. The molecule has 0 radical (unpaired) electrons. The van der Waals surface area contributed by atoms with E-state index in [1.807, 2.05) is 48.5 Å². The third kappa shape index (κ3) is 7.69.